The monoisotopic (exact) mass is 228 g/mol. The van der Waals surface area contributed by atoms with Crippen LogP contribution in [-0.4, -0.2) is 28.4 Å². The lowest BCUT2D eigenvalue weighted by atomic mass is 10.1. The first-order valence-corrected chi connectivity index (χ1v) is 5.90. The van der Waals surface area contributed by atoms with Crippen molar-refractivity contribution in [1.29, 1.82) is 0 Å². The molecule has 0 radical (unpaired) electrons. The highest BCUT2D eigenvalue weighted by atomic mass is 32.2. The van der Waals surface area contributed by atoms with Crippen LogP contribution in [0.5, 0.6) is 0 Å². The molecular weight excluding hydrogens is 213 g/mol. The summed E-state index contributed by atoms with van der Waals surface area (Å²) in [5.41, 5.74) is 0. The van der Waals surface area contributed by atoms with Crippen LogP contribution in [0.1, 0.15) is 32.1 Å². The number of thioether (sulfide) groups is 1. The van der Waals surface area contributed by atoms with E-state index in [0.29, 0.717) is 0 Å². The molecule has 1 aliphatic rings. The lowest BCUT2D eigenvalue weighted by molar-refractivity contribution is -0.140. The minimum absolute atomic E-state index is 0.0195. The van der Waals surface area contributed by atoms with Gasteiger partial charge in [-0.05, 0) is 25.0 Å². The van der Waals surface area contributed by atoms with Crippen LogP contribution in [0.15, 0.2) is 0 Å². The van der Waals surface area contributed by atoms with Gasteiger partial charge in [0.05, 0.1) is 6.10 Å². The van der Waals surface area contributed by atoms with Gasteiger partial charge in [0.1, 0.15) is 0 Å². The summed E-state index contributed by atoms with van der Waals surface area (Å²) in [5.74, 6) is 0.966. The third kappa shape index (κ3) is 4.55. The summed E-state index contributed by atoms with van der Waals surface area (Å²) in [6.45, 7) is 0. The van der Waals surface area contributed by atoms with E-state index in [1.807, 2.05) is 0 Å². The summed E-state index contributed by atoms with van der Waals surface area (Å²) < 4.78 is 35.6. The van der Waals surface area contributed by atoms with Crippen molar-refractivity contribution in [2.24, 2.45) is 0 Å². The molecular formula is C9H15F3OS. The molecule has 1 rings (SSSR count). The average molecular weight is 228 g/mol. The largest absolute Gasteiger partial charge is 0.392 e. The van der Waals surface area contributed by atoms with Gasteiger partial charge in [0, 0.05) is 11.7 Å². The fourth-order valence-electron chi connectivity index (χ4n) is 1.57. The van der Waals surface area contributed by atoms with E-state index in [4.69, 9.17) is 0 Å². The van der Waals surface area contributed by atoms with Gasteiger partial charge in [0.25, 0.3) is 0 Å². The van der Waals surface area contributed by atoms with Crippen molar-refractivity contribution in [2.75, 3.05) is 5.75 Å². The van der Waals surface area contributed by atoms with Gasteiger partial charge in [0.2, 0.25) is 0 Å². The summed E-state index contributed by atoms with van der Waals surface area (Å²) in [6, 6.07) is 0. The van der Waals surface area contributed by atoms with E-state index >= 15 is 0 Å². The van der Waals surface area contributed by atoms with E-state index in [-0.39, 0.29) is 11.7 Å². The van der Waals surface area contributed by atoms with Gasteiger partial charge in [-0.15, -0.1) is 0 Å². The Balaban J connectivity index is 2.23. The fraction of sp³-hybridized carbons (Fsp3) is 1.00. The molecule has 1 saturated heterocycles. The SMILES string of the molecule is OC(CCC(F)(F)F)C1CCCCS1. The second kappa shape index (κ2) is 5.26. The lowest BCUT2D eigenvalue weighted by Crippen LogP contribution is -2.27. The van der Waals surface area contributed by atoms with Gasteiger partial charge in [-0.2, -0.15) is 24.9 Å². The van der Waals surface area contributed by atoms with Gasteiger partial charge >= 0.3 is 6.18 Å². The molecule has 14 heavy (non-hydrogen) atoms. The molecule has 1 heterocycles. The van der Waals surface area contributed by atoms with Crippen molar-refractivity contribution in [3.8, 4) is 0 Å². The number of rotatable bonds is 3. The summed E-state index contributed by atoms with van der Waals surface area (Å²) >= 11 is 1.60. The molecule has 84 valence electrons. The molecule has 0 aromatic heterocycles. The number of hydrogen-bond donors (Lipinski definition) is 1. The highest BCUT2D eigenvalue weighted by Gasteiger charge is 2.30. The van der Waals surface area contributed by atoms with Crippen molar-refractivity contribution in [3.05, 3.63) is 0 Å². The molecule has 1 aliphatic heterocycles. The molecule has 2 atom stereocenters. The van der Waals surface area contributed by atoms with Gasteiger partial charge in [-0.3, -0.25) is 0 Å². The molecule has 0 bridgehead atoms. The summed E-state index contributed by atoms with van der Waals surface area (Å²) in [6.07, 6.45) is -2.95. The zero-order valence-corrected chi connectivity index (χ0v) is 8.70. The van der Waals surface area contributed by atoms with Gasteiger partial charge < -0.3 is 5.11 Å². The molecule has 2 unspecified atom stereocenters. The minimum atomic E-state index is -4.14. The molecule has 0 saturated carbocycles. The Kier molecular flexibility index (Phi) is 4.57. The van der Waals surface area contributed by atoms with Crippen molar-refractivity contribution < 1.29 is 18.3 Å². The smallest absolute Gasteiger partial charge is 0.389 e. The van der Waals surface area contributed by atoms with E-state index < -0.39 is 18.7 Å². The van der Waals surface area contributed by atoms with E-state index in [9.17, 15) is 18.3 Å². The zero-order chi connectivity index (χ0) is 10.6. The van der Waals surface area contributed by atoms with Crippen molar-refractivity contribution >= 4 is 11.8 Å². The quantitative estimate of drug-likeness (QED) is 0.801. The summed E-state index contributed by atoms with van der Waals surface area (Å²) in [7, 11) is 0. The fourth-order valence-corrected chi connectivity index (χ4v) is 2.93. The van der Waals surface area contributed by atoms with E-state index in [2.05, 4.69) is 0 Å². The van der Waals surface area contributed by atoms with E-state index in [1.54, 1.807) is 11.8 Å². The predicted molar refractivity (Wildman–Crippen MR) is 51.4 cm³/mol. The Morgan fingerprint density at radius 3 is 2.57 bits per heavy atom. The number of aliphatic hydroxyl groups excluding tert-OH is 1. The highest BCUT2D eigenvalue weighted by molar-refractivity contribution is 8.00. The molecule has 0 aromatic carbocycles. The first-order valence-electron chi connectivity index (χ1n) is 4.85. The first-order chi connectivity index (χ1) is 6.49. The van der Waals surface area contributed by atoms with Gasteiger partial charge in [-0.1, -0.05) is 6.42 Å². The minimum Gasteiger partial charge on any atom is -0.392 e. The average Bonchev–Trinajstić information content (AvgIpc) is 2.14. The van der Waals surface area contributed by atoms with E-state index in [0.717, 1.165) is 25.0 Å². The first kappa shape index (κ1) is 12.2. The number of hydrogen-bond acceptors (Lipinski definition) is 2. The maximum absolute atomic E-state index is 11.9. The lowest BCUT2D eigenvalue weighted by Gasteiger charge is -2.26. The number of alkyl halides is 3. The normalized spacial score (nSPS) is 26.1. The Hall–Kier alpha value is 0.100. The molecule has 1 nitrogen and oxygen atoms in total. The molecule has 0 aliphatic carbocycles. The molecule has 0 amide bonds. The van der Waals surface area contributed by atoms with Crippen LogP contribution in [0.3, 0.4) is 0 Å². The molecule has 0 spiro atoms. The molecule has 0 aromatic rings. The van der Waals surface area contributed by atoms with Crippen LogP contribution in [0.2, 0.25) is 0 Å². The maximum atomic E-state index is 11.9. The third-order valence-corrected chi connectivity index (χ3v) is 3.87. The van der Waals surface area contributed by atoms with Crippen LogP contribution in [0.4, 0.5) is 13.2 Å². The second-order valence-electron chi connectivity index (χ2n) is 3.63. The summed E-state index contributed by atoms with van der Waals surface area (Å²) in [5, 5.41) is 9.54. The molecule has 5 heteroatoms. The Bertz CT molecular complexity index is 166. The van der Waals surface area contributed by atoms with Crippen LogP contribution >= 0.6 is 11.8 Å². The zero-order valence-electron chi connectivity index (χ0n) is 7.89. The van der Waals surface area contributed by atoms with Crippen molar-refractivity contribution in [3.63, 3.8) is 0 Å². The van der Waals surface area contributed by atoms with Gasteiger partial charge in [-0.25, -0.2) is 0 Å². The van der Waals surface area contributed by atoms with Crippen LogP contribution < -0.4 is 0 Å². The third-order valence-electron chi connectivity index (χ3n) is 2.37. The highest BCUT2D eigenvalue weighted by Crippen LogP contribution is 2.31. The number of aliphatic hydroxyl groups is 1. The summed E-state index contributed by atoms with van der Waals surface area (Å²) in [4.78, 5) is 0. The Morgan fingerprint density at radius 1 is 1.36 bits per heavy atom. The van der Waals surface area contributed by atoms with Crippen LogP contribution in [0, 0.1) is 0 Å². The number of halogens is 3. The Morgan fingerprint density at radius 2 is 2.07 bits per heavy atom. The van der Waals surface area contributed by atoms with Gasteiger partial charge in [0.15, 0.2) is 0 Å². The predicted octanol–water partition coefficient (Wildman–Crippen LogP) is 2.98. The Labute approximate surface area is 86.1 Å². The standard InChI is InChI=1S/C9H15F3OS/c10-9(11,12)5-4-7(13)8-3-1-2-6-14-8/h7-8,13H,1-6H2. The van der Waals surface area contributed by atoms with Crippen LogP contribution in [0.25, 0.3) is 0 Å². The van der Waals surface area contributed by atoms with Crippen molar-refractivity contribution in [2.45, 2.75) is 49.6 Å². The maximum Gasteiger partial charge on any atom is 0.389 e. The topological polar surface area (TPSA) is 20.2 Å². The second-order valence-corrected chi connectivity index (χ2v) is 4.97. The molecule has 1 N–H and O–H groups in total. The molecule has 1 fully saturated rings. The van der Waals surface area contributed by atoms with Crippen molar-refractivity contribution in [1.82, 2.24) is 0 Å². The van der Waals surface area contributed by atoms with E-state index in [1.165, 1.54) is 0 Å². The van der Waals surface area contributed by atoms with Crippen LogP contribution in [-0.2, 0) is 0 Å².